The van der Waals surface area contributed by atoms with Gasteiger partial charge >= 0.3 is 0 Å². The van der Waals surface area contributed by atoms with Crippen molar-refractivity contribution in [3.8, 4) is 28.7 Å². The monoisotopic (exact) mass is 422 g/mol. The van der Waals surface area contributed by atoms with Gasteiger partial charge in [0.1, 0.15) is 11.9 Å². The molecule has 1 aliphatic rings. The second-order valence-electron chi connectivity index (χ2n) is 6.91. The van der Waals surface area contributed by atoms with E-state index in [4.69, 9.17) is 25.6 Å². The number of nitrogens with zero attached hydrogens (tertiary/aromatic N) is 4. The molecule has 0 saturated heterocycles. The first-order chi connectivity index (χ1) is 14.7. The molecule has 0 radical (unpaired) electrons. The molecule has 152 valence electrons. The minimum Gasteiger partial charge on any atom is -0.493 e. The van der Waals surface area contributed by atoms with Crippen LogP contribution in [-0.4, -0.2) is 26.5 Å². The van der Waals surface area contributed by atoms with Crippen molar-refractivity contribution in [3.63, 3.8) is 0 Å². The zero-order chi connectivity index (χ0) is 20.5. The number of ether oxygens (including phenoxy) is 2. The highest BCUT2D eigenvalue weighted by atomic mass is 35.5. The lowest BCUT2D eigenvalue weighted by molar-refractivity contribution is -0.00112. The zero-order valence-corrected chi connectivity index (χ0v) is 17.0. The Balaban J connectivity index is 1.40. The van der Waals surface area contributed by atoms with Crippen LogP contribution in [0.25, 0.3) is 23.0 Å². The first-order valence-corrected chi connectivity index (χ1v) is 10.1. The number of rotatable bonds is 5. The molecule has 1 aliphatic heterocycles. The fourth-order valence-corrected chi connectivity index (χ4v) is 3.60. The molecule has 30 heavy (non-hydrogen) atoms. The van der Waals surface area contributed by atoms with Crippen molar-refractivity contribution in [1.29, 1.82) is 0 Å². The number of aromatic nitrogens is 4. The Bertz CT molecular complexity index is 1170. The summed E-state index contributed by atoms with van der Waals surface area (Å²) < 4.78 is 19.1. The highest BCUT2D eigenvalue weighted by Gasteiger charge is 2.24. The molecule has 0 fully saturated rings. The van der Waals surface area contributed by atoms with Gasteiger partial charge in [-0.25, -0.2) is 0 Å². The van der Waals surface area contributed by atoms with Crippen LogP contribution in [0.1, 0.15) is 24.3 Å². The SMILES string of the molecule is CCOc1ccccc1-c1noc(-c2cc3n(n2)C[C@@H](c2ccc(Cl)cc2)OC3)n1. The summed E-state index contributed by atoms with van der Waals surface area (Å²) in [5.41, 5.74) is 3.43. The summed E-state index contributed by atoms with van der Waals surface area (Å²) in [4.78, 5) is 4.53. The van der Waals surface area contributed by atoms with Crippen LogP contribution in [0, 0.1) is 0 Å². The fourth-order valence-electron chi connectivity index (χ4n) is 3.48. The summed E-state index contributed by atoms with van der Waals surface area (Å²) in [6.45, 7) is 3.55. The normalized spacial score (nSPS) is 15.7. The van der Waals surface area contributed by atoms with Crippen molar-refractivity contribution in [1.82, 2.24) is 19.9 Å². The Kier molecular flexibility index (Phi) is 4.98. The minimum atomic E-state index is -0.0844. The van der Waals surface area contributed by atoms with Gasteiger partial charge in [-0.1, -0.05) is 41.0 Å². The molecule has 8 heteroatoms. The number of hydrogen-bond donors (Lipinski definition) is 0. The Morgan fingerprint density at radius 3 is 2.83 bits per heavy atom. The van der Waals surface area contributed by atoms with E-state index in [-0.39, 0.29) is 6.10 Å². The van der Waals surface area contributed by atoms with E-state index < -0.39 is 0 Å². The van der Waals surface area contributed by atoms with E-state index in [0.29, 0.717) is 42.2 Å². The van der Waals surface area contributed by atoms with E-state index in [1.807, 2.05) is 66.2 Å². The molecule has 0 spiro atoms. The van der Waals surface area contributed by atoms with Crippen LogP contribution in [0.15, 0.2) is 59.1 Å². The summed E-state index contributed by atoms with van der Waals surface area (Å²) in [7, 11) is 0. The van der Waals surface area contributed by atoms with Crippen LogP contribution in [-0.2, 0) is 17.9 Å². The summed E-state index contributed by atoms with van der Waals surface area (Å²) >= 11 is 5.99. The van der Waals surface area contributed by atoms with Crippen molar-refractivity contribution in [2.75, 3.05) is 6.61 Å². The lowest BCUT2D eigenvalue weighted by atomic mass is 10.1. The average molecular weight is 423 g/mol. The maximum Gasteiger partial charge on any atom is 0.278 e. The summed E-state index contributed by atoms with van der Waals surface area (Å²) in [6, 6.07) is 17.2. The van der Waals surface area contributed by atoms with Crippen molar-refractivity contribution >= 4 is 11.6 Å². The second-order valence-corrected chi connectivity index (χ2v) is 7.34. The minimum absolute atomic E-state index is 0.0844. The lowest BCUT2D eigenvalue weighted by Gasteiger charge is -2.24. The highest BCUT2D eigenvalue weighted by Crippen LogP contribution is 2.31. The van der Waals surface area contributed by atoms with Crippen molar-refractivity contribution < 1.29 is 14.0 Å². The first-order valence-electron chi connectivity index (χ1n) is 9.71. The third-order valence-corrected chi connectivity index (χ3v) is 5.20. The molecule has 2 aromatic heterocycles. The van der Waals surface area contributed by atoms with Gasteiger partial charge in [0.25, 0.3) is 5.89 Å². The van der Waals surface area contributed by atoms with Gasteiger partial charge in [-0.05, 0) is 42.8 Å². The molecule has 3 heterocycles. The Morgan fingerprint density at radius 2 is 2.00 bits per heavy atom. The van der Waals surface area contributed by atoms with Gasteiger partial charge in [0.15, 0.2) is 5.69 Å². The van der Waals surface area contributed by atoms with Gasteiger partial charge in [0.05, 0.1) is 31.0 Å². The van der Waals surface area contributed by atoms with E-state index in [1.165, 1.54) is 0 Å². The quantitative estimate of drug-likeness (QED) is 0.454. The van der Waals surface area contributed by atoms with Gasteiger partial charge in [-0.2, -0.15) is 10.1 Å². The van der Waals surface area contributed by atoms with Crippen LogP contribution >= 0.6 is 11.6 Å². The number of benzene rings is 2. The molecular weight excluding hydrogens is 404 g/mol. The van der Waals surface area contributed by atoms with Gasteiger partial charge < -0.3 is 14.0 Å². The van der Waals surface area contributed by atoms with Crippen molar-refractivity contribution in [2.24, 2.45) is 0 Å². The van der Waals surface area contributed by atoms with Gasteiger partial charge in [0, 0.05) is 5.02 Å². The molecule has 0 aliphatic carbocycles. The van der Waals surface area contributed by atoms with Crippen molar-refractivity contribution in [2.45, 2.75) is 26.2 Å². The number of halogens is 1. The Labute approximate surface area is 178 Å². The first kappa shape index (κ1) is 18.8. The van der Waals surface area contributed by atoms with E-state index in [9.17, 15) is 0 Å². The Morgan fingerprint density at radius 1 is 1.17 bits per heavy atom. The van der Waals surface area contributed by atoms with Crippen LogP contribution in [0.5, 0.6) is 5.75 Å². The number of fused-ring (bicyclic) bond motifs is 1. The van der Waals surface area contributed by atoms with E-state index in [0.717, 1.165) is 22.6 Å². The molecule has 2 aromatic carbocycles. The van der Waals surface area contributed by atoms with Crippen molar-refractivity contribution in [3.05, 3.63) is 70.9 Å². The predicted octanol–water partition coefficient (Wildman–Crippen LogP) is 4.92. The number of hydrogen-bond acceptors (Lipinski definition) is 6. The van der Waals surface area contributed by atoms with E-state index in [2.05, 4.69) is 15.2 Å². The lowest BCUT2D eigenvalue weighted by Crippen LogP contribution is -2.21. The van der Waals surface area contributed by atoms with Gasteiger partial charge in [-0.15, -0.1) is 0 Å². The summed E-state index contributed by atoms with van der Waals surface area (Å²) in [6.07, 6.45) is -0.0844. The Hall–Kier alpha value is -3.16. The molecule has 5 rings (SSSR count). The molecule has 7 nitrogen and oxygen atoms in total. The fraction of sp³-hybridized carbons (Fsp3) is 0.227. The standard InChI is InChI=1S/C22H19ClN4O3/c1-2-28-19-6-4-3-5-17(19)21-24-22(30-26-21)18-11-16-13-29-20(12-27(16)25-18)14-7-9-15(23)10-8-14/h3-11,20H,2,12-13H2,1H3/t20-/m0/s1. The predicted molar refractivity (Wildman–Crippen MR) is 111 cm³/mol. The topological polar surface area (TPSA) is 75.2 Å². The molecule has 0 saturated carbocycles. The van der Waals surface area contributed by atoms with Gasteiger partial charge in [-0.3, -0.25) is 4.68 Å². The number of para-hydroxylation sites is 1. The molecule has 0 bridgehead atoms. The molecule has 0 N–H and O–H groups in total. The summed E-state index contributed by atoms with van der Waals surface area (Å²) in [5.74, 6) is 1.55. The van der Waals surface area contributed by atoms with Crippen LogP contribution < -0.4 is 4.74 Å². The molecular formula is C22H19ClN4O3. The van der Waals surface area contributed by atoms with Gasteiger partial charge in [0.2, 0.25) is 5.82 Å². The zero-order valence-electron chi connectivity index (χ0n) is 16.3. The van der Waals surface area contributed by atoms with Crippen LogP contribution in [0.4, 0.5) is 0 Å². The average Bonchev–Trinajstić information content (AvgIpc) is 3.41. The molecule has 1 atom stereocenters. The van der Waals surface area contributed by atoms with E-state index >= 15 is 0 Å². The highest BCUT2D eigenvalue weighted by molar-refractivity contribution is 6.30. The van der Waals surface area contributed by atoms with Crippen LogP contribution in [0.2, 0.25) is 5.02 Å². The van der Waals surface area contributed by atoms with E-state index in [1.54, 1.807) is 0 Å². The second kappa shape index (κ2) is 7.93. The molecule has 0 amide bonds. The third-order valence-electron chi connectivity index (χ3n) is 4.95. The third kappa shape index (κ3) is 3.58. The largest absolute Gasteiger partial charge is 0.493 e. The maximum atomic E-state index is 6.01. The van der Waals surface area contributed by atoms with Crippen LogP contribution in [0.3, 0.4) is 0 Å². The molecule has 0 unspecified atom stereocenters. The summed E-state index contributed by atoms with van der Waals surface area (Å²) in [5, 5.41) is 9.49. The smallest absolute Gasteiger partial charge is 0.278 e. The molecule has 4 aromatic rings. The maximum absolute atomic E-state index is 6.01.